The Labute approximate surface area is 124 Å². The molecule has 1 amide bonds. The molecule has 21 heavy (non-hydrogen) atoms. The SMILES string of the molecule is CN(C)c1cccc(C(=O)NCC[C@@H](O)c2ccco2)c1. The Hall–Kier alpha value is -2.27. The van der Waals surface area contributed by atoms with Crippen LogP contribution in [0.2, 0.25) is 0 Å². The van der Waals surface area contributed by atoms with Crippen LogP contribution in [0.4, 0.5) is 5.69 Å². The fraction of sp³-hybridized carbons (Fsp3) is 0.312. The van der Waals surface area contributed by atoms with Crippen LogP contribution in [0, 0.1) is 0 Å². The van der Waals surface area contributed by atoms with Crippen LogP contribution in [0.5, 0.6) is 0 Å². The Bertz CT molecular complexity index is 579. The Morgan fingerprint density at radius 2 is 2.14 bits per heavy atom. The van der Waals surface area contributed by atoms with E-state index in [2.05, 4.69) is 5.32 Å². The van der Waals surface area contributed by atoms with Crippen molar-refractivity contribution in [3.05, 3.63) is 54.0 Å². The molecule has 2 rings (SSSR count). The second kappa shape index (κ2) is 6.95. The first kappa shape index (κ1) is 15.1. The molecule has 0 aliphatic rings. The molecular weight excluding hydrogens is 268 g/mol. The first-order valence-electron chi connectivity index (χ1n) is 6.85. The lowest BCUT2D eigenvalue weighted by atomic mass is 10.1. The average molecular weight is 288 g/mol. The molecule has 0 radical (unpaired) electrons. The number of amides is 1. The zero-order valence-electron chi connectivity index (χ0n) is 12.2. The summed E-state index contributed by atoms with van der Waals surface area (Å²) >= 11 is 0. The summed E-state index contributed by atoms with van der Waals surface area (Å²) in [6, 6.07) is 10.8. The van der Waals surface area contributed by atoms with Crippen molar-refractivity contribution in [2.24, 2.45) is 0 Å². The standard InChI is InChI=1S/C16H20N2O3/c1-18(2)13-6-3-5-12(11-13)16(20)17-9-8-14(19)15-7-4-10-21-15/h3-7,10-11,14,19H,8-9H2,1-2H3,(H,17,20)/t14-/m1/s1. The molecule has 0 spiro atoms. The molecule has 5 nitrogen and oxygen atoms in total. The van der Waals surface area contributed by atoms with Crippen LogP contribution in [0.1, 0.15) is 28.6 Å². The van der Waals surface area contributed by atoms with E-state index in [1.807, 2.05) is 37.2 Å². The first-order chi connectivity index (χ1) is 10.1. The molecule has 5 heteroatoms. The third-order valence-electron chi connectivity index (χ3n) is 3.20. The van der Waals surface area contributed by atoms with E-state index in [0.717, 1.165) is 5.69 Å². The number of furan rings is 1. The van der Waals surface area contributed by atoms with Gasteiger partial charge in [0.05, 0.1) is 6.26 Å². The molecule has 0 saturated carbocycles. The first-order valence-corrected chi connectivity index (χ1v) is 6.85. The van der Waals surface area contributed by atoms with Crippen LogP contribution in [-0.4, -0.2) is 31.7 Å². The number of nitrogens with one attached hydrogen (secondary N) is 1. The number of hydrogen-bond donors (Lipinski definition) is 2. The van der Waals surface area contributed by atoms with Gasteiger partial charge >= 0.3 is 0 Å². The normalized spacial score (nSPS) is 12.0. The van der Waals surface area contributed by atoms with Crippen LogP contribution in [0.3, 0.4) is 0 Å². The summed E-state index contributed by atoms with van der Waals surface area (Å²) in [5.74, 6) is 0.365. The predicted molar refractivity (Wildman–Crippen MR) is 81.4 cm³/mol. The lowest BCUT2D eigenvalue weighted by molar-refractivity contribution is 0.0936. The van der Waals surface area contributed by atoms with Crippen molar-refractivity contribution in [3.63, 3.8) is 0 Å². The lowest BCUT2D eigenvalue weighted by Gasteiger charge is -2.14. The molecule has 0 unspecified atom stereocenters. The monoisotopic (exact) mass is 288 g/mol. The number of carbonyl (C=O) groups is 1. The van der Waals surface area contributed by atoms with Crippen molar-refractivity contribution in [1.82, 2.24) is 5.32 Å². The second-order valence-corrected chi connectivity index (χ2v) is 5.02. The minimum absolute atomic E-state index is 0.148. The molecule has 0 bridgehead atoms. The molecule has 1 heterocycles. The second-order valence-electron chi connectivity index (χ2n) is 5.02. The van der Waals surface area contributed by atoms with Crippen molar-refractivity contribution in [2.45, 2.75) is 12.5 Å². The van der Waals surface area contributed by atoms with Gasteiger partial charge in [0.25, 0.3) is 5.91 Å². The largest absolute Gasteiger partial charge is 0.467 e. The summed E-state index contributed by atoms with van der Waals surface area (Å²) < 4.78 is 5.11. The molecular formula is C16H20N2O3. The van der Waals surface area contributed by atoms with E-state index in [9.17, 15) is 9.90 Å². The number of aliphatic hydroxyl groups excluding tert-OH is 1. The predicted octanol–water partition coefficient (Wildman–Crippen LogP) is 2.20. The fourth-order valence-electron chi connectivity index (χ4n) is 1.97. The van der Waals surface area contributed by atoms with Crippen molar-refractivity contribution in [3.8, 4) is 0 Å². The third kappa shape index (κ3) is 4.10. The van der Waals surface area contributed by atoms with E-state index in [0.29, 0.717) is 24.3 Å². The molecule has 0 aliphatic heterocycles. The van der Waals surface area contributed by atoms with E-state index >= 15 is 0 Å². The summed E-state index contributed by atoms with van der Waals surface area (Å²) in [7, 11) is 3.85. The van der Waals surface area contributed by atoms with Crippen LogP contribution in [-0.2, 0) is 0 Å². The highest BCUT2D eigenvalue weighted by Gasteiger charge is 2.11. The minimum atomic E-state index is -0.701. The van der Waals surface area contributed by atoms with E-state index < -0.39 is 6.10 Å². The smallest absolute Gasteiger partial charge is 0.251 e. The number of aliphatic hydroxyl groups is 1. The van der Waals surface area contributed by atoms with Gasteiger partial charge in [-0.05, 0) is 36.8 Å². The molecule has 1 atom stereocenters. The zero-order chi connectivity index (χ0) is 15.2. The molecule has 2 aromatic rings. The Kier molecular flexibility index (Phi) is 5.00. The van der Waals surface area contributed by atoms with Gasteiger partial charge in [-0.15, -0.1) is 0 Å². The van der Waals surface area contributed by atoms with Gasteiger partial charge in [0.1, 0.15) is 11.9 Å². The van der Waals surface area contributed by atoms with Crippen LogP contribution >= 0.6 is 0 Å². The molecule has 1 aromatic carbocycles. The van der Waals surface area contributed by atoms with Gasteiger partial charge in [-0.25, -0.2) is 0 Å². The quantitative estimate of drug-likeness (QED) is 0.855. The highest BCUT2D eigenvalue weighted by molar-refractivity contribution is 5.95. The van der Waals surface area contributed by atoms with Crippen LogP contribution in [0.15, 0.2) is 47.1 Å². The van der Waals surface area contributed by atoms with Gasteiger partial charge in [0, 0.05) is 31.9 Å². The Morgan fingerprint density at radius 3 is 2.81 bits per heavy atom. The average Bonchev–Trinajstić information content (AvgIpc) is 3.01. The van der Waals surface area contributed by atoms with Gasteiger partial charge in [0.15, 0.2) is 0 Å². The van der Waals surface area contributed by atoms with Crippen molar-refractivity contribution >= 4 is 11.6 Å². The van der Waals surface area contributed by atoms with Crippen LogP contribution in [0.25, 0.3) is 0 Å². The third-order valence-corrected chi connectivity index (χ3v) is 3.20. The fourth-order valence-corrected chi connectivity index (χ4v) is 1.97. The number of nitrogens with zero attached hydrogens (tertiary/aromatic N) is 1. The van der Waals surface area contributed by atoms with Gasteiger partial charge < -0.3 is 19.7 Å². The summed E-state index contributed by atoms with van der Waals surface area (Å²) in [4.78, 5) is 14.0. The van der Waals surface area contributed by atoms with Crippen LogP contribution < -0.4 is 10.2 Å². The molecule has 1 aromatic heterocycles. The van der Waals surface area contributed by atoms with Gasteiger partial charge in [-0.3, -0.25) is 4.79 Å². The van der Waals surface area contributed by atoms with E-state index in [1.165, 1.54) is 6.26 Å². The number of hydrogen-bond acceptors (Lipinski definition) is 4. The maximum absolute atomic E-state index is 12.1. The van der Waals surface area contributed by atoms with E-state index in [-0.39, 0.29) is 5.91 Å². The Balaban J connectivity index is 1.86. The molecule has 0 aliphatic carbocycles. The van der Waals surface area contributed by atoms with Gasteiger partial charge in [0.2, 0.25) is 0 Å². The van der Waals surface area contributed by atoms with Gasteiger partial charge in [-0.2, -0.15) is 0 Å². The number of rotatable bonds is 6. The van der Waals surface area contributed by atoms with Gasteiger partial charge in [-0.1, -0.05) is 6.07 Å². The minimum Gasteiger partial charge on any atom is -0.467 e. The van der Waals surface area contributed by atoms with Crippen molar-refractivity contribution in [1.29, 1.82) is 0 Å². The summed E-state index contributed by atoms with van der Waals surface area (Å²) in [6.45, 7) is 0.382. The summed E-state index contributed by atoms with van der Waals surface area (Å²) in [5, 5.41) is 12.7. The molecule has 0 fully saturated rings. The van der Waals surface area contributed by atoms with E-state index in [4.69, 9.17) is 4.42 Å². The number of benzene rings is 1. The molecule has 112 valence electrons. The molecule has 2 N–H and O–H groups in total. The molecule has 0 saturated heterocycles. The maximum atomic E-state index is 12.1. The topological polar surface area (TPSA) is 65.7 Å². The van der Waals surface area contributed by atoms with Crippen molar-refractivity contribution < 1.29 is 14.3 Å². The summed E-state index contributed by atoms with van der Waals surface area (Å²) in [6.07, 6.45) is 1.23. The highest BCUT2D eigenvalue weighted by Crippen LogP contribution is 2.16. The number of anilines is 1. The van der Waals surface area contributed by atoms with E-state index in [1.54, 1.807) is 18.2 Å². The Morgan fingerprint density at radius 1 is 1.33 bits per heavy atom. The lowest BCUT2D eigenvalue weighted by Crippen LogP contribution is -2.25. The highest BCUT2D eigenvalue weighted by atomic mass is 16.4. The number of carbonyl (C=O) groups excluding carboxylic acids is 1. The van der Waals surface area contributed by atoms with Crippen molar-refractivity contribution in [2.75, 3.05) is 25.5 Å². The zero-order valence-corrected chi connectivity index (χ0v) is 12.2. The maximum Gasteiger partial charge on any atom is 0.251 e. The summed E-state index contributed by atoms with van der Waals surface area (Å²) in [5.41, 5.74) is 1.58.